The van der Waals surface area contributed by atoms with E-state index < -0.39 is 44.7 Å². The van der Waals surface area contributed by atoms with E-state index in [1.54, 1.807) is 24.4 Å². The average molecular weight is 1030 g/mol. The highest BCUT2D eigenvalue weighted by Gasteiger charge is 2.56. The molecule has 10 nitrogen and oxygen atoms in total. The third-order valence-corrected chi connectivity index (χ3v) is 18.9. The first kappa shape index (κ1) is 47.6. The number of amides is 2. The fourth-order valence-electron chi connectivity index (χ4n) is 9.99. The number of nitrogens with one attached hydrogen (secondary N) is 1. The first-order valence-electron chi connectivity index (χ1n) is 22.6. The Morgan fingerprint density at radius 2 is 1.48 bits per heavy atom. The average Bonchev–Trinajstić information content (AvgIpc) is 3.59. The van der Waals surface area contributed by atoms with Gasteiger partial charge in [0.25, 0.3) is 8.32 Å². The third-order valence-electron chi connectivity index (χ3n) is 13.1. The van der Waals surface area contributed by atoms with E-state index in [0.29, 0.717) is 38.3 Å². The smallest absolute Gasteiger partial charge is 0.261 e. The number of aromatic nitrogens is 1. The summed E-state index contributed by atoms with van der Waals surface area (Å²) in [6.45, 7) is 6.22. The summed E-state index contributed by atoms with van der Waals surface area (Å²) < 4.78 is 13.6. The van der Waals surface area contributed by atoms with Gasteiger partial charge in [0.2, 0.25) is 11.8 Å². The highest BCUT2D eigenvalue weighted by molar-refractivity contribution is 14.1. The van der Waals surface area contributed by atoms with E-state index in [1.807, 2.05) is 109 Å². The van der Waals surface area contributed by atoms with Crippen molar-refractivity contribution in [1.29, 1.82) is 0 Å². The topological polar surface area (TPSA) is 141 Å². The molecule has 344 valence electrons. The van der Waals surface area contributed by atoms with Crippen molar-refractivity contribution in [2.24, 2.45) is 17.8 Å². The standard InChI is InChI=1S/C55H56IN3O7Si/c1-55(2,3)67(42-18-10-6-11-19-42,43-20-12-7-13-21-43)66-35-38-33-44-51(54(64)59(53(44)63)41-26-24-40(25-27-41)58-39-16-8-5-9-17-39)45(34-60)50(38)48(61)28-23-37(47-22-14-15-29-57-47)30-36-31-46(56)52(62)49(32-36)65-4/h5-22,24-27,29-32,44-45,48,51,58,60-62H,23,28,33-35H2,1-4H3/b37-30-/t44-,45+,48-,51-/m1/s1. The first-order chi connectivity index (χ1) is 32.3. The molecule has 0 saturated carbocycles. The van der Waals surface area contributed by atoms with E-state index >= 15 is 0 Å². The van der Waals surface area contributed by atoms with Crippen LogP contribution in [0.3, 0.4) is 0 Å². The molecule has 0 bridgehead atoms. The van der Waals surface area contributed by atoms with Crippen molar-refractivity contribution in [3.63, 3.8) is 0 Å². The molecule has 67 heavy (non-hydrogen) atoms. The summed E-state index contributed by atoms with van der Waals surface area (Å²) in [4.78, 5) is 35.4. The number of hydrogen-bond donors (Lipinski definition) is 4. The Balaban J connectivity index is 1.19. The van der Waals surface area contributed by atoms with Crippen molar-refractivity contribution < 1.29 is 34.1 Å². The number of methoxy groups -OCH3 is 1. The van der Waals surface area contributed by atoms with Gasteiger partial charge in [0, 0.05) is 23.5 Å². The van der Waals surface area contributed by atoms with Gasteiger partial charge in [-0.2, -0.15) is 0 Å². The van der Waals surface area contributed by atoms with Crippen LogP contribution in [0, 0.1) is 21.3 Å². The van der Waals surface area contributed by atoms with Crippen LogP contribution in [0.2, 0.25) is 5.04 Å². The first-order valence-corrected chi connectivity index (χ1v) is 25.6. The number of nitrogens with zero attached hydrogens (tertiary/aromatic N) is 2. The number of carbonyl (C=O) groups excluding carboxylic acids is 2. The Kier molecular flexibility index (Phi) is 14.6. The van der Waals surface area contributed by atoms with Gasteiger partial charge in [0.05, 0.1) is 53.2 Å². The molecule has 1 aliphatic carbocycles. The van der Waals surface area contributed by atoms with Gasteiger partial charge >= 0.3 is 0 Å². The Morgan fingerprint density at radius 1 is 0.866 bits per heavy atom. The summed E-state index contributed by atoms with van der Waals surface area (Å²) in [5.74, 6) is -2.91. The lowest BCUT2D eigenvalue weighted by Gasteiger charge is -2.44. The summed E-state index contributed by atoms with van der Waals surface area (Å²) in [6.07, 6.45) is 3.31. The van der Waals surface area contributed by atoms with Crippen molar-refractivity contribution in [1.82, 2.24) is 4.98 Å². The molecule has 8 rings (SSSR count). The largest absolute Gasteiger partial charge is 0.504 e. The van der Waals surface area contributed by atoms with Gasteiger partial charge < -0.3 is 29.8 Å². The number of rotatable bonds is 16. The minimum atomic E-state index is -3.13. The monoisotopic (exact) mass is 1030 g/mol. The number of aliphatic hydroxyl groups is 2. The number of allylic oxidation sites excluding steroid dienone is 1. The van der Waals surface area contributed by atoms with E-state index in [2.05, 4.69) is 77.9 Å². The Bertz CT molecular complexity index is 2710. The molecule has 2 aliphatic rings. The molecule has 1 aliphatic heterocycles. The number of pyridine rings is 1. The lowest BCUT2D eigenvalue weighted by Crippen LogP contribution is -2.66. The van der Waals surface area contributed by atoms with Crippen LogP contribution in [0.4, 0.5) is 17.1 Å². The van der Waals surface area contributed by atoms with Crippen molar-refractivity contribution in [2.75, 3.05) is 30.5 Å². The molecule has 0 radical (unpaired) electrons. The molecular weight excluding hydrogens is 970 g/mol. The van der Waals surface area contributed by atoms with Crippen molar-refractivity contribution in [3.05, 3.63) is 178 Å². The van der Waals surface area contributed by atoms with Crippen molar-refractivity contribution in [2.45, 2.75) is 51.2 Å². The van der Waals surface area contributed by atoms with E-state index in [0.717, 1.165) is 32.9 Å². The minimum Gasteiger partial charge on any atom is -0.504 e. The van der Waals surface area contributed by atoms with Crippen LogP contribution in [0.15, 0.2) is 163 Å². The zero-order valence-corrected chi connectivity index (χ0v) is 41.3. The number of aliphatic hydroxyl groups excluding tert-OH is 2. The normalized spacial score (nSPS) is 18.2. The fraction of sp³-hybridized carbons (Fsp3) is 0.255. The second kappa shape index (κ2) is 20.5. The number of imide groups is 1. The van der Waals surface area contributed by atoms with Crippen molar-refractivity contribution >= 4 is 81.8 Å². The SMILES string of the molecule is COc1cc(/C=C(/CC[C@@H](O)C2=C(CO[Si](c3ccccc3)(c3ccccc3)C(C)(C)C)C[C@H]3C(=O)N(c4ccc(Nc5ccccc5)cc4)C(=O)[C@H]3[C@H]2CO)c2ccccn2)cc(I)c1O. The second-order valence-electron chi connectivity index (χ2n) is 18.2. The van der Waals surface area contributed by atoms with Gasteiger partial charge in [0.1, 0.15) is 0 Å². The van der Waals surface area contributed by atoms with Crippen LogP contribution >= 0.6 is 22.6 Å². The second-order valence-corrected chi connectivity index (χ2v) is 23.6. The Labute approximate surface area is 407 Å². The number of ether oxygens (including phenoxy) is 1. The Hall–Kier alpha value is -5.90. The summed E-state index contributed by atoms with van der Waals surface area (Å²) in [6, 6.07) is 46.8. The van der Waals surface area contributed by atoms with Crippen LogP contribution in [0.1, 0.15) is 51.3 Å². The highest BCUT2D eigenvalue weighted by atomic mass is 127. The number of anilines is 3. The number of benzene rings is 5. The Morgan fingerprint density at radius 3 is 2.06 bits per heavy atom. The van der Waals surface area contributed by atoms with Crippen LogP contribution in [0.25, 0.3) is 11.6 Å². The molecule has 5 aromatic carbocycles. The number of halogens is 1. The van der Waals surface area contributed by atoms with Crippen LogP contribution in [-0.4, -0.2) is 66.9 Å². The minimum absolute atomic E-state index is 0.0519. The number of fused-ring (bicyclic) bond motifs is 1. The van der Waals surface area contributed by atoms with Gasteiger partial charge in [-0.25, -0.2) is 0 Å². The van der Waals surface area contributed by atoms with E-state index in [4.69, 9.17) is 9.16 Å². The highest BCUT2D eigenvalue weighted by Crippen LogP contribution is 2.48. The lowest BCUT2D eigenvalue weighted by atomic mass is 9.68. The fourth-order valence-corrected chi connectivity index (χ4v) is 15.2. The maximum absolute atomic E-state index is 14.8. The molecule has 6 aromatic rings. The quantitative estimate of drug-likeness (QED) is 0.0323. The molecule has 0 unspecified atom stereocenters. The number of hydrogen-bond acceptors (Lipinski definition) is 9. The number of carbonyl (C=O) groups is 2. The van der Waals surface area contributed by atoms with Crippen LogP contribution in [0.5, 0.6) is 11.5 Å². The lowest BCUT2D eigenvalue weighted by molar-refractivity contribution is -0.123. The third kappa shape index (κ3) is 9.77. The van der Waals surface area contributed by atoms with Crippen LogP contribution in [-0.2, 0) is 14.0 Å². The van der Waals surface area contributed by atoms with Gasteiger partial charge in [0.15, 0.2) is 11.5 Å². The van der Waals surface area contributed by atoms with Gasteiger partial charge in [-0.1, -0.05) is 106 Å². The molecule has 2 heterocycles. The van der Waals surface area contributed by atoms with E-state index in [1.165, 1.54) is 12.0 Å². The van der Waals surface area contributed by atoms with Gasteiger partial charge in [-0.3, -0.25) is 19.5 Å². The maximum atomic E-state index is 14.8. The molecule has 1 saturated heterocycles. The molecular formula is C55H56IN3O7Si. The van der Waals surface area contributed by atoms with Crippen molar-refractivity contribution in [3.8, 4) is 11.5 Å². The summed E-state index contributed by atoms with van der Waals surface area (Å²) in [5.41, 5.74) is 5.71. The molecule has 4 N–H and O–H groups in total. The number of phenols is 1. The maximum Gasteiger partial charge on any atom is 0.261 e. The molecule has 2 amide bonds. The molecule has 0 spiro atoms. The summed E-state index contributed by atoms with van der Waals surface area (Å²) in [7, 11) is -1.62. The zero-order valence-electron chi connectivity index (χ0n) is 38.1. The predicted octanol–water partition coefficient (Wildman–Crippen LogP) is 9.52. The summed E-state index contributed by atoms with van der Waals surface area (Å²) >= 11 is 2.07. The number of phenolic OH excluding ortho intramolecular Hbond substituents is 1. The number of aromatic hydroxyl groups is 1. The molecule has 12 heteroatoms. The van der Waals surface area contributed by atoms with E-state index in [9.17, 15) is 24.9 Å². The zero-order chi connectivity index (χ0) is 47.3. The van der Waals surface area contributed by atoms with Crippen LogP contribution < -0.4 is 25.3 Å². The molecule has 1 fully saturated rings. The number of para-hydroxylation sites is 1. The summed E-state index contributed by atoms with van der Waals surface area (Å²) in [5, 5.41) is 39.9. The van der Waals surface area contributed by atoms with E-state index in [-0.39, 0.29) is 36.1 Å². The van der Waals surface area contributed by atoms with Gasteiger partial charge in [-0.05, 0) is 146 Å². The predicted molar refractivity (Wildman–Crippen MR) is 276 cm³/mol. The molecule has 1 aromatic heterocycles. The van der Waals surface area contributed by atoms with Gasteiger partial charge in [-0.15, -0.1) is 0 Å². The molecule has 4 atom stereocenters.